The second kappa shape index (κ2) is 7.50. The van der Waals surface area contributed by atoms with E-state index in [2.05, 4.69) is 54.6 Å². The van der Waals surface area contributed by atoms with Crippen molar-refractivity contribution in [3.8, 4) is 0 Å². The van der Waals surface area contributed by atoms with Gasteiger partial charge in [0.15, 0.2) is 9.84 Å². The summed E-state index contributed by atoms with van der Waals surface area (Å²) in [6, 6.07) is 20.9. The molecule has 0 N–H and O–H groups in total. The van der Waals surface area contributed by atoms with E-state index in [0.717, 1.165) is 19.3 Å². The minimum absolute atomic E-state index is 0.105. The van der Waals surface area contributed by atoms with Gasteiger partial charge in [-0.05, 0) is 37.8 Å². The molecule has 0 spiro atoms. The SMILES string of the molecule is O=S(=O)([C@@H]1C=CCC1)[C@H]1C=CCC1P(c1ccccc1)c1ccccc1. The van der Waals surface area contributed by atoms with Crippen LogP contribution in [0.25, 0.3) is 0 Å². The third kappa shape index (κ3) is 3.31. The number of rotatable bonds is 5. The predicted molar refractivity (Wildman–Crippen MR) is 111 cm³/mol. The summed E-state index contributed by atoms with van der Waals surface area (Å²) in [4.78, 5) is 0. The average Bonchev–Trinajstić information content (AvgIpc) is 3.37. The van der Waals surface area contributed by atoms with Gasteiger partial charge in [-0.1, -0.05) is 85.0 Å². The Kier molecular flexibility index (Phi) is 5.11. The first-order valence-electron chi connectivity index (χ1n) is 9.13. The van der Waals surface area contributed by atoms with Crippen molar-refractivity contribution in [1.29, 1.82) is 0 Å². The lowest BCUT2D eigenvalue weighted by Crippen LogP contribution is -2.37. The van der Waals surface area contributed by atoms with E-state index in [0.29, 0.717) is 0 Å². The number of allylic oxidation sites excluding steroid dienone is 2. The van der Waals surface area contributed by atoms with Crippen molar-refractivity contribution < 1.29 is 8.42 Å². The molecule has 0 aliphatic heterocycles. The molecule has 0 bridgehead atoms. The summed E-state index contributed by atoms with van der Waals surface area (Å²) in [5, 5.41) is 1.80. The minimum Gasteiger partial charge on any atom is -0.228 e. The lowest BCUT2D eigenvalue weighted by atomic mass is 10.3. The summed E-state index contributed by atoms with van der Waals surface area (Å²) >= 11 is 0. The van der Waals surface area contributed by atoms with Crippen molar-refractivity contribution in [2.24, 2.45) is 0 Å². The molecule has 4 rings (SSSR count). The van der Waals surface area contributed by atoms with E-state index in [1.54, 1.807) is 0 Å². The quantitative estimate of drug-likeness (QED) is 0.580. The second-order valence-electron chi connectivity index (χ2n) is 6.87. The van der Waals surface area contributed by atoms with Crippen LogP contribution in [0.4, 0.5) is 0 Å². The maximum absolute atomic E-state index is 13.3. The molecular weight excluding hydrogens is 359 g/mol. The van der Waals surface area contributed by atoms with Gasteiger partial charge in [-0.2, -0.15) is 0 Å². The van der Waals surface area contributed by atoms with Crippen LogP contribution in [0.1, 0.15) is 19.3 Å². The van der Waals surface area contributed by atoms with E-state index in [1.807, 2.05) is 30.4 Å². The Morgan fingerprint density at radius 3 is 1.96 bits per heavy atom. The van der Waals surface area contributed by atoms with Crippen LogP contribution in [0.5, 0.6) is 0 Å². The third-order valence-corrected chi connectivity index (χ3v) is 10.8. The van der Waals surface area contributed by atoms with Gasteiger partial charge in [0.1, 0.15) is 0 Å². The van der Waals surface area contributed by atoms with E-state index in [1.165, 1.54) is 10.6 Å². The molecule has 2 nitrogen and oxygen atoms in total. The maximum atomic E-state index is 13.3. The first-order chi connectivity index (χ1) is 12.7. The molecule has 0 amide bonds. The number of hydrogen-bond acceptors (Lipinski definition) is 2. The Hall–Kier alpha value is -1.70. The van der Waals surface area contributed by atoms with E-state index in [-0.39, 0.29) is 16.2 Å². The third-order valence-electron chi connectivity index (χ3n) is 5.25. The van der Waals surface area contributed by atoms with Gasteiger partial charge in [0.2, 0.25) is 0 Å². The Morgan fingerprint density at radius 2 is 1.42 bits per heavy atom. The fourth-order valence-electron chi connectivity index (χ4n) is 3.98. The highest BCUT2D eigenvalue weighted by atomic mass is 32.2. The van der Waals surface area contributed by atoms with Crippen LogP contribution in [-0.2, 0) is 9.84 Å². The van der Waals surface area contributed by atoms with Gasteiger partial charge in [-0.3, -0.25) is 0 Å². The molecule has 26 heavy (non-hydrogen) atoms. The van der Waals surface area contributed by atoms with Gasteiger partial charge in [-0.15, -0.1) is 0 Å². The number of hydrogen-bond donors (Lipinski definition) is 0. The molecule has 2 aromatic carbocycles. The molecule has 0 fully saturated rings. The topological polar surface area (TPSA) is 34.1 Å². The lowest BCUT2D eigenvalue weighted by molar-refractivity contribution is 0.578. The van der Waals surface area contributed by atoms with Gasteiger partial charge >= 0.3 is 0 Å². The largest absolute Gasteiger partial charge is 0.228 e. The number of benzene rings is 2. The zero-order valence-electron chi connectivity index (χ0n) is 14.6. The van der Waals surface area contributed by atoms with E-state index < -0.39 is 17.8 Å². The highest BCUT2D eigenvalue weighted by Crippen LogP contribution is 2.48. The van der Waals surface area contributed by atoms with Crippen LogP contribution in [-0.4, -0.2) is 24.6 Å². The fraction of sp³-hybridized carbons (Fsp3) is 0.273. The smallest absolute Gasteiger partial charge is 0.163 e. The van der Waals surface area contributed by atoms with Crippen molar-refractivity contribution >= 4 is 28.4 Å². The van der Waals surface area contributed by atoms with Crippen LogP contribution in [0.2, 0.25) is 0 Å². The lowest BCUT2D eigenvalue weighted by Gasteiger charge is -2.31. The molecular formula is C22H23O2PS. The number of sulfone groups is 1. The molecule has 4 heteroatoms. The summed E-state index contributed by atoms with van der Waals surface area (Å²) in [6.07, 6.45) is 10.4. The molecule has 0 saturated carbocycles. The Labute approximate surface area is 157 Å². The highest BCUT2D eigenvalue weighted by molar-refractivity contribution is 7.93. The molecule has 1 unspecified atom stereocenters. The first kappa shape index (κ1) is 17.7. The molecule has 2 aliphatic carbocycles. The first-order valence-corrected chi connectivity index (χ1v) is 12.2. The van der Waals surface area contributed by atoms with Crippen LogP contribution >= 0.6 is 7.92 Å². The highest BCUT2D eigenvalue weighted by Gasteiger charge is 2.42. The summed E-state index contributed by atoms with van der Waals surface area (Å²) in [6.45, 7) is 0. The van der Waals surface area contributed by atoms with E-state index in [9.17, 15) is 8.42 Å². The van der Waals surface area contributed by atoms with Crippen molar-refractivity contribution in [3.05, 3.63) is 85.0 Å². The molecule has 134 valence electrons. The molecule has 2 aliphatic rings. The average molecular weight is 382 g/mol. The zero-order valence-corrected chi connectivity index (χ0v) is 16.3. The van der Waals surface area contributed by atoms with Gasteiger partial charge in [0.05, 0.1) is 10.5 Å². The predicted octanol–water partition coefficient (Wildman–Crippen LogP) is 3.95. The van der Waals surface area contributed by atoms with Crippen molar-refractivity contribution in [1.82, 2.24) is 0 Å². The monoisotopic (exact) mass is 382 g/mol. The van der Waals surface area contributed by atoms with Gasteiger partial charge in [0.25, 0.3) is 0 Å². The van der Waals surface area contributed by atoms with Crippen molar-refractivity contribution in [2.45, 2.75) is 35.4 Å². The van der Waals surface area contributed by atoms with Gasteiger partial charge in [0, 0.05) is 5.66 Å². The van der Waals surface area contributed by atoms with Crippen molar-refractivity contribution in [2.75, 3.05) is 0 Å². The molecule has 2 aromatic rings. The summed E-state index contributed by atoms with van der Waals surface area (Å²) in [5.74, 6) is 0. The van der Waals surface area contributed by atoms with E-state index in [4.69, 9.17) is 0 Å². The second-order valence-corrected chi connectivity index (χ2v) is 11.6. The van der Waals surface area contributed by atoms with Gasteiger partial charge in [-0.25, -0.2) is 8.42 Å². The summed E-state index contributed by atoms with van der Waals surface area (Å²) in [5.41, 5.74) is 0.105. The molecule has 0 saturated heterocycles. The Bertz CT molecular complexity index is 864. The van der Waals surface area contributed by atoms with Gasteiger partial charge < -0.3 is 0 Å². The van der Waals surface area contributed by atoms with Crippen LogP contribution in [0.15, 0.2) is 85.0 Å². The summed E-state index contributed by atoms with van der Waals surface area (Å²) in [7, 11) is -3.94. The Morgan fingerprint density at radius 1 is 0.808 bits per heavy atom. The Balaban J connectivity index is 1.75. The molecule has 3 atom stereocenters. The van der Waals surface area contributed by atoms with Crippen LogP contribution in [0.3, 0.4) is 0 Å². The summed E-state index contributed by atoms with van der Waals surface area (Å²) < 4.78 is 26.6. The molecule has 0 radical (unpaired) electrons. The minimum atomic E-state index is -3.21. The molecule has 0 heterocycles. The molecule has 0 aromatic heterocycles. The van der Waals surface area contributed by atoms with Crippen LogP contribution in [0, 0.1) is 0 Å². The maximum Gasteiger partial charge on any atom is 0.163 e. The zero-order chi connectivity index (χ0) is 18.0. The standard InChI is InChI=1S/C22H23O2PS/c23-26(24,20-14-7-8-15-20)22-17-9-16-21(22)25(18-10-3-1-4-11-18)19-12-5-2-6-13-19/h1-7,9-14,17,20-22H,8,15-16H2/t20-,21?,22+/m1/s1. The normalized spacial score (nSPS) is 25.2. The fourth-order valence-corrected chi connectivity index (χ4v) is 9.71. The van der Waals surface area contributed by atoms with Crippen molar-refractivity contribution in [3.63, 3.8) is 0 Å². The van der Waals surface area contributed by atoms with E-state index >= 15 is 0 Å². The van der Waals surface area contributed by atoms with Crippen LogP contribution < -0.4 is 10.6 Å².